The number of furan rings is 1. The molecule has 0 atom stereocenters. The molecule has 1 aromatic heterocycles. The fourth-order valence-corrected chi connectivity index (χ4v) is 2.50. The van der Waals surface area contributed by atoms with Crippen LogP contribution >= 0.6 is 23.2 Å². The molecule has 5 nitrogen and oxygen atoms in total. The lowest BCUT2D eigenvalue weighted by atomic mass is 10.2. The first-order valence-electron chi connectivity index (χ1n) is 7.67. The van der Waals surface area contributed by atoms with Crippen LogP contribution in [0.4, 0.5) is 0 Å². The maximum absolute atomic E-state index is 11.7. The zero-order chi connectivity index (χ0) is 18.4. The van der Waals surface area contributed by atoms with Gasteiger partial charge >= 0.3 is 0 Å². The van der Waals surface area contributed by atoms with E-state index in [0.29, 0.717) is 27.3 Å². The first-order chi connectivity index (χ1) is 12.6. The van der Waals surface area contributed by atoms with Crippen LogP contribution in [0.3, 0.4) is 0 Å². The Labute approximate surface area is 160 Å². The number of hydrogen-bond donors (Lipinski definition) is 1. The molecule has 0 aliphatic carbocycles. The van der Waals surface area contributed by atoms with Gasteiger partial charge in [0.15, 0.2) is 6.61 Å². The Balaban J connectivity index is 1.52. The van der Waals surface area contributed by atoms with Crippen molar-refractivity contribution >= 4 is 35.3 Å². The van der Waals surface area contributed by atoms with Crippen molar-refractivity contribution in [1.82, 2.24) is 5.43 Å². The molecule has 0 saturated carbocycles. The SMILES string of the molecule is O=C(COc1ccccc1Cl)N/N=C\c1ccc(-c2cccc(Cl)c2)o1. The average molecular weight is 389 g/mol. The van der Waals surface area contributed by atoms with E-state index in [2.05, 4.69) is 10.5 Å². The van der Waals surface area contributed by atoms with Crippen LogP contribution in [-0.4, -0.2) is 18.7 Å². The van der Waals surface area contributed by atoms with Gasteiger partial charge in [-0.25, -0.2) is 5.43 Å². The summed E-state index contributed by atoms with van der Waals surface area (Å²) in [5.41, 5.74) is 3.22. The molecule has 132 valence electrons. The minimum absolute atomic E-state index is 0.201. The van der Waals surface area contributed by atoms with Crippen LogP contribution in [0.15, 0.2) is 70.2 Å². The number of ether oxygens (including phenoxy) is 1. The Bertz CT molecular complexity index is 938. The summed E-state index contributed by atoms with van der Waals surface area (Å²) >= 11 is 11.9. The fourth-order valence-electron chi connectivity index (χ4n) is 2.12. The molecular weight excluding hydrogens is 375 g/mol. The Morgan fingerprint density at radius 3 is 2.77 bits per heavy atom. The van der Waals surface area contributed by atoms with E-state index in [0.717, 1.165) is 5.56 Å². The minimum Gasteiger partial charge on any atom is -0.482 e. The van der Waals surface area contributed by atoms with E-state index in [4.69, 9.17) is 32.4 Å². The molecule has 26 heavy (non-hydrogen) atoms. The van der Waals surface area contributed by atoms with Crippen molar-refractivity contribution in [3.8, 4) is 17.1 Å². The molecule has 0 aliphatic heterocycles. The van der Waals surface area contributed by atoms with Crippen molar-refractivity contribution in [3.63, 3.8) is 0 Å². The fraction of sp³-hybridized carbons (Fsp3) is 0.0526. The maximum atomic E-state index is 11.7. The zero-order valence-corrected chi connectivity index (χ0v) is 15.0. The highest BCUT2D eigenvalue weighted by Crippen LogP contribution is 2.24. The molecule has 0 spiro atoms. The molecular formula is C19H14Cl2N2O3. The van der Waals surface area contributed by atoms with Gasteiger partial charge in [-0.05, 0) is 36.4 Å². The lowest BCUT2D eigenvalue weighted by Crippen LogP contribution is -2.24. The van der Waals surface area contributed by atoms with Crippen LogP contribution in [0.5, 0.6) is 5.75 Å². The molecule has 0 unspecified atom stereocenters. The van der Waals surface area contributed by atoms with Gasteiger partial charge in [-0.15, -0.1) is 0 Å². The number of carbonyl (C=O) groups is 1. The summed E-state index contributed by atoms with van der Waals surface area (Å²) in [5, 5.41) is 4.91. The first-order valence-corrected chi connectivity index (χ1v) is 8.42. The number of amides is 1. The highest BCUT2D eigenvalue weighted by atomic mass is 35.5. The van der Waals surface area contributed by atoms with Gasteiger partial charge in [0, 0.05) is 10.6 Å². The molecule has 1 amide bonds. The van der Waals surface area contributed by atoms with Crippen LogP contribution in [0.2, 0.25) is 10.0 Å². The molecule has 1 heterocycles. The number of rotatable bonds is 6. The maximum Gasteiger partial charge on any atom is 0.277 e. The van der Waals surface area contributed by atoms with Crippen molar-refractivity contribution in [1.29, 1.82) is 0 Å². The lowest BCUT2D eigenvalue weighted by molar-refractivity contribution is -0.123. The first kappa shape index (κ1) is 18.0. The van der Waals surface area contributed by atoms with Crippen molar-refractivity contribution < 1.29 is 13.9 Å². The second-order valence-electron chi connectivity index (χ2n) is 5.22. The standard InChI is InChI=1S/C19H14Cl2N2O3/c20-14-5-3-4-13(10-14)17-9-8-15(26-17)11-22-23-19(24)12-25-18-7-2-1-6-16(18)21/h1-11H,12H2,(H,23,24)/b22-11-. The number of halogens is 2. The summed E-state index contributed by atoms with van der Waals surface area (Å²) in [6, 6.07) is 17.8. The largest absolute Gasteiger partial charge is 0.482 e. The van der Waals surface area contributed by atoms with E-state index in [1.54, 1.807) is 48.5 Å². The van der Waals surface area contributed by atoms with Gasteiger partial charge in [-0.3, -0.25) is 4.79 Å². The lowest BCUT2D eigenvalue weighted by Gasteiger charge is -2.06. The molecule has 3 rings (SSSR count). The Morgan fingerprint density at radius 1 is 1.12 bits per heavy atom. The molecule has 7 heteroatoms. The van der Waals surface area contributed by atoms with E-state index >= 15 is 0 Å². The highest BCUT2D eigenvalue weighted by molar-refractivity contribution is 6.32. The third kappa shape index (κ3) is 4.88. The monoisotopic (exact) mass is 388 g/mol. The number of benzene rings is 2. The number of carbonyl (C=O) groups excluding carboxylic acids is 1. The van der Waals surface area contributed by atoms with E-state index < -0.39 is 5.91 Å². The Morgan fingerprint density at radius 2 is 1.96 bits per heavy atom. The second-order valence-corrected chi connectivity index (χ2v) is 6.07. The summed E-state index contributed by atoms with van der Waals surface area (Å²) in [4.78, 5) is 11.7. The van der Waals surface area contributed by atoms with Gasteiger partial charge in [-0.2, -0.15) is 5.10 Å². The predicted molar refractivity (Wildman–Crippen MR) is 102 cm³/mol. The molecule has 0 saturated heterocycles. The molecule has 0 fully saturated rings. The van der Waals surface area contributed by atoms with Gasteiger partial charge in [0.2, 0.25) is 0 Å². The normalized spacial score (nSPS) is 10.8. The summed E-state index contributed by atoms with van der Waals surface area (Å²) in [6.07, 6.45) is 1.40. The highest BCUT2D eigenvalue weighted by Gasteiger charge is 2.06. The molecule has 3 aromatic rings. The van der Waals surface area contributed by atoms with Crippen LogP contribution < -0.4 is 10.2 Å². The van der Waals surface area contributed by atoms with Gasteiger partial charge in [-0.1, -0.05) is 47.5 Å². The third-order valence-electron chi connectivity index (χ3n) is 3.31. The molecule has 1 N–H and O–H groups in total. The molecule has 0 aliphatic rings. The topological polar surface area (TPSA) is 63.8 Å². The summed E-state index contributed by atoms with van der Waals surface area (Å²) in [5.74, 6) is 1.17. The van der Waals surface area contributed by atoms with Crippen LogP contribution in [-0.2, 0) is 4.79 Å². The predicted octanol–water partition coefficient (Wildman–Crippen LogP) is 4.78. The Hall–Kier alpha value is -2.76. The van der Waals surface area contributed by atoms with E-state index in [1.807, 2.05) is 12.1 Å². The number of nitrogens with zero attached hydrogens (tertiary/aromatic N) is 1. The van der Waals surface area contributed by atoms with Gasteiger partial charge in [0.05, 0.1) is 11.2 Å². The van der Waals surface area contributed by atoms with Crippen LogP contribution in [0.1, 0.15) is 5.76 Å². The van der Waals surface area contributed by atoms with Crippen LogP contribution in [0, 0.1) is 0 Å². The second kappa shape index (κ2) is 8.56. The summed E-state index contributed by atoms with van der Waals surface area (Å²) in [6.45, 7) is -0.201. The van der Waals surface area contributed by atoms with Gasteiger partial charge in [0.1, 0.15) is 17.3 Å². The quantitative estimate of drug-likeness (QED) is 0.487. The van der Waals surface area contributed by atoms with Crippen molar-refractivity contribution in [2.24, 2.45) is 5.10 Å². The smallest absolute Gasteiger partial charge is 0.277 e. The minimum atomic E-state index is -0.414. The number of hydrogen-bond acceptors (Lipinski definition) is 4. The third-order valence-corrected chi connectivity index (χ3v) is 3.86. The number of nitrogens with one attached hydrogen (secondary N) is 1. The van der Waals surface area contributed by atoms with Crippen molar-refractivity contribution in [3.05, 3.63) is 76.5 Å². The van der Waals surface area contributed by atoms with Crippen LogP contribution in [0.25, 0.3) is 11.3 Å². The van der Waals surface area contributed by atoms with Crippen molar-refractivity contribution in [2.45, 2.75) is 0 Å². The Kier molecular flexibility index (Phi) is 5.94. The zero-order valence-electron chi connectivity index (χ0n) is 13.5. The molecule has 2 aromatic carbocycles. The molecule has 0 radical (unpaired) electrons. The molecule has 0 bridgehead atoms. The summed E-state index contributed by atoms with van der Waals surface area (Å²) < 4.78 is 11.0. The van der Waals surface area contributed by atoms with E-state index in [1.165, 1.54) is 6.21 Å². The number of hydrazone groups is 1. The van der Waals surface area contributed by atoms with E-state index in [-0.39, 0.29) is 6.61 Å². The van der Waals surface area contributed by atoms with E-state index in [9.17, 15) is 4.79 Å². The van der Waals surface area contributed by atoms with Gasteiger partial charge in [0.25, 0.3) is 5.91 Å². The van der Waals surface area contributed by atoms with Crippen molar-refractivity contribution in [2.75, 3.05) is 6.61 Å². The summed E-state index contributed by atoms with van der Waals surface area (Å²) in [7, 11) is 0. The van der Waals surface area contributed by atoms with Gasteiger partial charge < -0.3 is 9.15 Å². The average Bonchev–Trinajstić information content (AvgIpc) is 3.10. The number of para-hydroxylation sites is 1.